The summed E-state index contributed by atoms with van der Waals surface area (Å²) in [4.78, 5) is 13.3. The number of hydrogen-bond donors (Lipinski definition) is 2. The second-order valence-electron chi connectivity index (χ2n) is 5.94. The molecule has 0 bridgehead atoms. The van der Waals surface area contributed by atoms with Crippen molar-refractivity contribution in [3.05, 3.63) is 60.4 Å². The zero-order valence-electron chi connectivity index (χ0n) is 13.5. The first-order chi connectivity index (χ1) is 12.3. The topological polar surface area (TPSA) is 86.5 Å². The Balaban J connectivity index is 1.69. The number of anilines is 3. The van der Waals surface area contributed by atoms with Gasteiger partial charge in [0, 0.05) is 35.8 Å². The van der Waals surface area contributed by atoms with E-state index in [0.717, 1.165) is 29.8 Å². The minimum absolute atomic E-state index is 0.457. The number of hydrogen-bond acceptors (Lipinski definition) is 6. The van der Waals surface area contributed by atoms with Crippen molar-refractivity contribution < 1.29 is 0 Å². The molecule has 6 heteroatoms. The Labute approximate surface area is 145 Å². The summed E-state index contributed by atoms with van der Waals surface area (Å²) in [5.74, 6) is 1.27. The van der Waals surface area contributed by atoms with Crippen LogP contribution in [0.5, 0.6) is 0 Å². The summed E-state index contributed by atoms with van der Waals surface area (Å²) in [5.41, 5.74) is 3.14. The third-order valence-corrected chi connectivity index (χ3v) is 3.86. The molecule has 2 N–H and O–H groups in total. The summed E-state index contributed by atoms with van der Waals surface area (Å²) in [6, 6.07) is 15.6. The van der Waals surface area contributed by atoms with Crippen LogP contribution in [-0.2, 0) is 0 Å². The Bertz CT molecular complexity index is 928. The van der Waals surface area contributed by atoms with E-state index in [1.165, 1.54) is 0 Å². The van der Waals surface area contributed by atoms with Crippen LogP contribution in [0.25, 0.3) is 11.3 Å². The van der Waals surface area contributed by atoms with Crippen molar-refractivity contribution in [3.63, 3.8) is 0 Å². The standard InChI is InChI=1S/C19H16N6/c20-11-13-3-1-5-16(9-13)22-18-10-17(14-4-2-8-21-12-14)24-19(25-18)23-15-6-7-15/h1-5,8-10,12,15H,6-7H2,(H2,22,23,24,25). The molecule has 1 aliphatic carbocycles. The van der Waals surface area contributed by atoms with Crippen LogP contribution in [0, 0.1) is 11.3 Å². The first-order valence-corrected chi connectivity index (χ1v) is 8.13. The highest BCUT2D eigenvalue weighted by molar-refractivity contribution is 5.67. The monoisotopic (exact) mass is 328 g/mol. The molecular weight excluding hydrogens is 312 g/mol. The van der Waals surface area contributed by atoms with Crippen LogP contribution < -0.4 is 10.6 Å². The van der Waals surface area contributed by atoms with Gasteiger partial charge in [0.25, 0.3) is 0 Å². The van der Waals surface area contributed by atoms with E-state index < -0.39 is 0 Å². The maximum atomic E-state index is 9.05. The van der Waals surface area contributed by atoms with E-state index in [2.05, 4.69) is 31.7 Å². The van der Waals surface area contributed by atoms with E-state index in [1.807, 2.05) is 30.3 Å². The van der Waals surface area contributed by atoms with E-state index in [-0.39, 0.29) is 0 Å². The smallest absolute Gasteiger partial charge is 0.225 e. The Hall–Kier alpha value is -3.46. The molecule has 2 heterocycles. The zero-order chi connectivity index (χ0) is 17.1. The predicted molar refractivity (Wildman–Crippen MR) is 96.3 cm³/mol. The molecule has 0 atom stereocenters. The molecule has 1 aliphatic rings. The van der Waals surface area contributed by atoms with E-state index in [9.17, 15) is 0 Å². The van der Waals surface area contributed by atoms with Crippen LogP contribution in [0.1, 0.15) is 18.4 Å². The van der Waals surface area contributed by atoms with Crippen molar-refractivity contribution >= 4 is 17.5 Å². The number of rotatable bonds is 5. The van der Waals surface area contributed by atoms with Crippen molar-refractivity contribution in [1.82, 2.24) is 15.0 Å². The number of nitriles is 1. The third-order valence-electron chi connectivity index (χ3n) is 3.86. The summed E-state index contributed by atoms with van der Waals surface area (Å²) in [6.07, 6.45) is 5.81. The van der Waals surface area contributed by atoms with Gasteiger partial charge in [0.1, 0.15) is 5.82 Å². The lowest BCUT2D eigenvalue weighted by Gasteiger charge is -2.11. The van der Waals surface area contributed by atoms with Crippen LogP contribution in [0.2, 0.25) is 0 Å². The van der Waals surface area contributed by atoms with Crippen molar-refractivity contribution in [2.75, 3.05) is 10.6 Å². The lowest BCUT2D eigenvalue weighted by molar-refractivity contribution is 1.06. The molecule has 4 rings (SSSR count). The van der Waals surface area contributed by atoms with E-state index in [1.54, 1.807) is 24.5 Å². The Morgan fingerprint density at radius 1 is 1.08 bits per heavy atom. The average molecular weight is 328 g/mol. The Kier molecular flexibility index (Phi) is 3.97. The fraction of sp³-hybridized carbons (Fsp3) is 0.158. The highest BCUT2D eigenvalue weighted by Crippen LogP contribution is 2.27. The first-order valence-electron chi connectivity index (χ1n) is 8.13. The van der Waals surface area contributed by atoms with Gasteiger partial charge in [-0.1, -0.05) is 6.07 Å². The number of aromatic nitrogens is 3. The summed E-state index contributed by atoms with van der Waals surface area (Å²) in [7, 11) is 0. The second kappa shape index (κ2) is 6.57. The van der Waals surface area contributed by atoms with Gasteiger partial charge in [0.2, 0.25) is 5.95 Å². The molecule has 0 unspecified atom stereocenters. The number of nitrogens with zero attached hydrogens (tertiary/aromatic N) is 4. The number of benzene rings is 1. The Morgan fingerprint density at radius 2 is 2.00 bits per heavy atom. The minimum Gasteiger partial charge on any atom is -0.351 e. The molecule has 0 radical (unpaired) electrons. The molecule has 0 spiro atoms. The molecule has 0 saturated heterocycles. The SMILES string of the molecule is N#Cc1cccc(Nc2cc(-c3cccnc3)nc(NC3CC3)n2)c1. The van der Waals surface area contributed by atoms with Gasteiger partial charge in [-0.3, -0.25) is 4.98 Å². The Morgan fingerprint density at radius 3 is 2.76 bits per heavy atom. The lowest BCUT2D eigenvalue weighted by atomic mass is 10.2. The van der Waals surface area contributed by atoms with Gasteiger partial charge in [-0.25, -0.2) is 4.98 Å². The lowest BCUT2D eigenvalue weighted by Crippen LogP contribution is -2.07. The summed E-state index contributed by atoms with van der Waals surface area (Å²) in [6.45, 7) is 0. The summed E-state index contributed by atoms with van der Waals surface area (Å²) < 4.78 is 0. The van der Waals surface area contributed by atoms with Crippen LogP contribution >= 0.6 is 0 Å². The molecule has 2 aromatic heterocycles. The van der Waals surface area contributed by atoms with Crippen LogP contribution in [0.4, 0.5) is 17.5 Å². The highest BCUT2D eigenvalue weighted by Gasteiger charge is 2.22. The predicted octanol–water partition coefficient (Wildman–Crippen LogP) is 3.73. The molecule has 25 heavy (non-hydrogen) atoms. The maximum Gasteiger partial charge on any atom is 0.225 e. The largest absolute Gasteiger partial charge is 0.351 e. The maximum absolute atomic E-state index is 9.05. The fourth-order valence-electron chi connectivity index (χ4n) is 2.46. The zero-order valence-corrected chi connectivity index (χ0v) is 13.5. The van der Waals surface area contributed by atoms with Crippen LogP contribution in [-0.4, -0.2) is 21.0 Å². The minimum atomic E-state index is 0.457. The molecule has 122 valence electrons. The average Bonchev–Trinajstić information content (AvgIpc) is 3.46. The molecular formula is C19H16N6. The summed E-state index contributed by atoms with van der Waals surface area (Å²) >= 11 is 0. The van der Waals surface area contributed by atoms with Gasteiger partial charge in [-0.05, 0) is 43.2 Å². The van der Waals surface area contributed by atoms with Gasteiger partial charge in [0.05, 0.1) is 17.3 Å². The van der Waals surface area contributed by atoms with E-state index in [0.29, 0.717) is 23.4 Å². The fourth-order valence-corrected chi connectivity index (χ4v) is 2.46. The molecule has 0 aliphatic heterocycles. The van der Waals surface area contributed by atoms with E-state index >= 15 is 0 Å². The third kappa shape index (κ3) is 3.72. The first kappa shape index (κ1) is 15.1. The van der Waals surface area contributed by atoms with E-state index in [4.69, 9.17) is 5.26 Å². The van der Waals surface area contributed by atoms with Crippen molar-refractivity contribution in [2.24, 2.45) is 0 Å². The van der Waals surface area contributed by atoms with Crippen molar-refractivity contribution in [1.29, 1.82) is 5.26 Å². The summed E-state index contributed by atoms with van der Waals surface area (Å²) in [5, 5.41) is 15.7. The molecule has 1 saturated carbocycles. The molecule has 6 nitrogen and oxygen atoms in total. The quantitative estimate of drug-likeness (QED) is 0.742. The van der Waals surface area contributed by atoms with Crippen LogP contribution in [0.15, 0.2) is 54.9 Å². The number of nitrogens with one attached hydrogen (secondary N) is 2. The van der Waals surface area contributed by atoms with Crippen LogP contribution in [0.3, 0.4) is 0 Å². The van der Waals surface area contributed by atoms with Gasteiger partial charge in [-0.2, -0.15) is 10.2 Å². The second-order valence-corrected chi connectivity index (χ2v) is 5.94. The molecule has 0 amide bonds. The van der Waals surface area contributed by atoms with Gasteiger partial charge in [0.15, 0.2) is 0 Å². The molecule has 3 aromatic rings. The van der Waals surface area contributed by atoms with Gasteiger partial charge < -0.3 is 10.6 Å². The number of pyridine rings is 1. The molecule has 1 aromatic carbocycles. The van der Waals surface area contributed by atoms with Crippen molar-refractivity contribution in [2.45, 2.75) is 18.9 Å². The van der Waals surface area contributed by atoms with Gasteiger partial charge >= 0.3 is 0 Å². The molecule has 1 fully saturated rings. The highest BCUT2D eigenvalue weighted by atomic mass is 15.2. The normalized spacial score (nSPS) is 13.1. The van der Waals surface area contributed by atoms with Crippen molar-refractivity contribution in [3.8, 4) is 17.3 Å². The van der Waals surface area contributed by atoms with Gasteiger partial charge in [-0.15, -0.1) is 0 Å².